The smallest absolute Gasteiger partial charge is 0.216 e. The maximum Gasteiger partial charge on any atom is 0.216 e. The van der Waals surface area contributed by atoms with Crippen LogP contribution in [0, 0.1) is 115 Å². The molecule has 0 aliphatic rings. The van der Waals surface area contributed by atoms with E-state index in [0.29, 0.717) is 23.2 Å². The third-order valence-electron chi connectivity index (χ3n) is 26.4. The van der Waals surface area contributed by atoms with Crippen molar-refractivity contribution in [2.45, 2.75) is 156 Å². The molecule has 0 fully saturated rings. The van der Waals surface area contributed by atoms with Crippen LogP contribution in [0.5, 0.6) is 0 Å². The van der Waals surface area contributed by atoms with E-state index < -0.39 is 0 Å². The minimum Gasteiger partial charge on any atom is -0.455 e. The summed E-state index contributed by atoms with van der Waals surface area (Å²) in [5.41, 5.74) is 40.5. The van der Waals surface area contributed by atoms with Gasteiger partial charge in [-0.1, -0.05) is 104 Å². The van der Waals surface area contributed by atoms with Crippen molar-refractivity contribution in [2.24, 2.45) is 41.2 Å². The molecule has 0 saturated carbocycles. The number of rotatable bonds is 10. The summed E-state index contributed by atoms with van der Waals surface area (Å²) in [6.07, 6.45) is 11.1. The van der Waals surface area contributed by atoms with Crippen molar-refractivity contribution in [3.8, 4) is 56.3 Å². The molecule has 0 bridgehead atoms. The minimum absolute atomic E-state index is 0.246. The summed E-state index contributed by atoms with van der Waals surface area (Å²) in [5.74, 6) is 1.38. The van der Waals surface area contributed by atoms with E-state index in [2.05, 4.69) is 314 Å². The lowest BCUT2D eigenvalue weighted by Crippen LogP contribution is -2.30. The molecule has 664 valence electrons. The summed E-state index contributed by atoms with van der Waals surface area (Å²) < 4.78 is 42.9. The number of pyridine rings is 5. The quantitative estimate of drug-likeness (QED) is 0.100. The van der Waals surface area contributed by atoms with Crippen LogP contribution in [0.1, 0.15) is 157 Å². The van der Waals surface area contributed by atoms with Crippen molar-refractivity contribution in [1.29, 1.82) is 0 Å². The summed E-state index contributed by atoms with van der Waals surface area (Å²) in [6, 6.07) is 62.0. The van der Waals surface area contributed by atoms with Crippen LogP contribution in [-0.4, -0.2) is 0 Å². The fourth-order valence-corrected chi connectivity index (χ4v) is 20.1. The number of benzene rings is 10. The molecule has 134 heavy (non-hydrogen) atoms. The lowest BCUT2D eigenvalue weighted by Gasteiger charge is -2.12. The Kier molecular flexibility index (Phi) is 25.3. The number of hydrogen-bond donors (Lipinski definition) is 0. The maximum absolute atomic E-state index is 7.69. The van der Waals surface area contributed by atoms with Crippen LogP contribution in [0.3, 0.4) is 0 Å². The SMILES string of the molecule is [C-]#[N+]c1cc(C)c2oc3c(-c4cccc[n+]4C)c(C)cc(C(C)C)c3c2c1.[C-]#[N+]c1cc(C)c2oc3c(-c4cccc[n+]4C)c(C)cc(C)c3c2c1.[C-]#[N+]c1cc(C)c2oc3c(-c4cccc[n+]4C)c(C)ccc3c2c1C(C)C.[C-]#[N+]c1cc2c(oc3c(-c4cccc[n+]4C)c(C)ccc32)c(C)c1C(C)C.[C-]#[N+]c1cc2c(oc3c(-c4cccc[n+]4C)c(C)ccc32)c(C)c1CC(C)C. The van der Waals surface area contributed by atoms with Gasteiger partial charge in [0.2, 0.25) is 28.5 Å². The molecule has 0 amide bonds. The van der Waals surface area contributed by atoms with Gasteiger partial charge >= 0.3 is 0 Å². The number of aryl methyl sites for hydroxylation is 16. The number of fused-ring (bicyclic) bond motifs is 15. The van der Waals surface area contributed by atoms with Gasteiger partial charge in [-0.3, -0.25) is 0 Å². The number of hydrogen-bond acceptors (Lipinski definition) is 5. The molecule has 0 aliphatic carbocycles. The monoisotopic (exact) mass is 1760 g/mol. The summed E-state index contributed by atoms with van der Waals surface area (Å²) >= 11 is 0. The second-order valence-corrected chi connectivity index (χ2v) is 37.3. The van der Waals surface area contributed by atoms with Gasteiger partial charge in [0.15, 0.2) is 59.4 Å². The molecule has 10 heterocycles. The van der Waals surface area contributed by atoms with E-state index in [1.54, 1.807) is 0 Å². The van der Waals surface area contributed by atoms with E-state index >= 15 is 0 Å². The topological polar surface area (TPSA) is 107 Å². The molecule has 10 aromatic heterocycles. The average Bonchev–Trinajstić information content (AvgIpc) is 1.57. The van der Waals surface area contributed by atoms with Crippen LogP contribution in [0.4, 0.5) is 28.4 Å². The highest BCUT2D eigenvalue weighted by atomic mass is 16.3. The predicted octanol–water partition coefficient (Wildman–Crippen LogP) is 31.1. The molecule has 0 saturated heterocycles. The van der Waals surface area contributed by atoms with Crippen LogP contribution in [0.25, 0.3) is 190 Å². The first kappa shape index (κ1) is 91.7. The maximum atomic E-state index is 7.69. The Morgan fingerprint density at radius 1 is 0.261 bits per heavy atom. The lowest BCUT2D eigenvalue weighted by molar-refractivity contribution is -0.660. The van der Waals surface area contributed by atoms with Gasteiger partial charge in [0.1, 0.15) is 91.1 Å². The Morgan fingerprint density at radius 3 is 1.01 bits per heavy atom. The molecule has 20 rings (SSSR count). The zero-order valence-corrected chi connectivity index (χ0v) is 81.2. The van der Waals surface area contributed by atoms with Crippen LogP contribution in [0.15, 0.2) is 235 Å². The van der Waals surface area contributed by atoms with Gasteiger partial charge in [-0.25, -0.2) is 47.1 Å². The van der Waals surface area contributed by atoms with E-state index in [1.807, 2.05) is 113 Å². The Hall–Kier alpha value is -15.6. The fraction of sp³-hybridized carbons (Fsp3) is 0.244. The molecule has 0 spiro atoms. The average molecular weight is 1760 g/mol. The van der Waals surface area contributed by atoms with Crippen LogP contribution < -0.4 is 22.8 Å². The fourth-order valence-electron chi connectivity index (χ4n) is 20.1. The zero-order valence-electron chi connectivity index (χ0n) is 81.2. The summed E-state index contributed by atoms with van der Waals surface area (Å²) in [5, 5.41) is 10.7. The molecular weight excluding hydrogens is 1650 g/mol. The third-order valence-corrected chi connectivity index (χ3v) is 26.4. The largest absolute Gasteiger partial charge is 0.455 e. The molecule has 15 heteroatoms. The normalized spacial score (nSPS) is 11.4. The molecule has 0 atom stereocenters. The summed E-state index contributed by atoms with van der Waals surface area (Å²) in [6.45, 7) is 78.1. The molecule has 15 nitrogen and oxygen atoms in total. The van der Waals surface area contributed by atoms with E-state index in [4.69, 9.17) is 54.9 Å². The Morgan fingerprint density at radius 2 is 0.612 bits per heavy atom. The number of aromatic nitrogens is 5. The van der Waals surface area contributed by atoms with Crippen molar-refractivity contribution in [3.63, 3.8) is 0 Å². The second kappa shape index (κ2) is 37.0. The Balaban J connectivity index is 0.000000122. The molecular formula is C119H113N10O5+5. The predicted molar refractivity (Wildman–Crippen MR) is 546 cm³/mol. The molecule has 0 unspecified atom stereocenters. The third kappa shape index (κ3) is 16.3. The minimum atomic E-state index is 0.246. The van der Waals surface area contributed by atoms with Crippen LogP contribution in [0.2, 0.25) is 0 Å². The van der Waals surface area contributed by atoms with Gasteiger partial charge in [-0.05, 0) is 263 Å². The van der Waals surface area contributed by atoms with Crippen molar-refractivity contribution in [3.05, 3.63) is 354 Å². The van der Waals surface area contributed by atoms with Crippen LogP contribution in [-0.2, 0) is 41.7 Å². The standard InChI is InChI=1S/C25H25N2O.3C24H23N2O.C22H19N2O/c1-15(2)13-19-17(4)24-20(14-21(19)26-5)18-11-10-16(3)23(25(18)28-24)22-9-7-8-12-27(22)6;1-14(2)21-16(4)23-18(13-19(21)25-5)17-11-10-15(3)22(24(17)27-23)20-9-7-8-12-26(20)6;1-14(2)20-18(25-5)13-16(4)23-22(20)17-11-10-15(3)21(24(17)27-23)19-9-7-8-12-26(19)6;1-14(2)18-12-15(3)21(20-9-7-8-10-26(20)6)24-22(18)19-13-17(25-5)11-16(4)23(19)27-24;1-13-10-14(2)20(18-8-6-7-9-24(18)5)22-19(13)17-12-16(23-4)11-15(3)21(17)25-22/h7-12,14-15H,13H2,1-4,6H3;3*7-14H,1-4,6H3;6-12H,1-3,5H3/q5*+1. The van der Waals surface area contributed by atoms with Gasteiger partial charge in [0, 0.05) is 115 Å². The molecule has 0 aliphatic heterocycles. The first-order chi connectivity index (χ1) is 64.2. The Bertz CT molecular complexity index is 8430. The van der Waals surface area contributed by atoms with Gasteiger partial charge in [-0.2, -0.15) is 0 Å². The summed E-state index contributed by atoms with van der Waals surface area (Å²) in [7, 11) is 10.3. The highest BCUT2D eigenvalue weighted by Crippen LogP contribution is 2.50. The number of furan rings is 5. The van der Waals surface area contributed by atoms with Crippen molar-refractivity contribution in [1.82, 2.24) is 0 Å². The van der Waals surface area contributed by atoms with Gasteiger partial charge < -0.3 is 22.1 Å². The van der Waals surface area contributed by atoms with E-state index in [-0.39, 0.29) is 11.8 Å². The van der Waals surface area contributed by atoms with Crippen molar-refractivity contribution >= 4 is 138 Å². The lowest BCUT2D eigenvalue weighted by atomic mass is 9.91. The molecule has 0 radical (unpaired) electrons. The molecule has 20 aromatic rings. The van der Waals surface area contributed by atoms with Crippen molar-refractivity contribution in [2.75, 3.05) is 0 Å². The highest BCUT2D eigenvalue weighted by molar-refractivity contribution is 6.18. The van der Waals surface area contributed by atoms with Crippen LogP contribution >= 0.6 is 0 Å². The highest BCUT2D eigenvalue weighted by Gasteiger charge is 2.32. The number of nitrogens with zero attached hydrogens (tertiary/aromatic N) is 10. The van der Waals surface area contributed by atoms with Gasteiger partial charge in [-0.15, -0.1) is 0 Å². The Labute approximate surface area is 784 Å². The second-order valence-electron chi connectivity index (χ2n) is 37.3. The first-order valence-electron chi connectivity index (χ1n) is 45.8. The van der Waals surface area contributed by atoms with Gasteiger partial charge in [0.05, 0.1) is 60.7 Å². The van der Waals surface area contributed by atoms with E-state index in [9.17, 15) is 0 Å². The molecule has 0 N–H and O–H groups in total. The first-order valence-corrected chi connectivity index (χ1v) is 45.8. The van der Waals surface area contributed by atoms with E-state index in [0.717, 1.165) is 234 Å². The summed E-state index contributed by atoms with van der Waals surface area (Å²) in [4.78, 5) is 18.7. The van der Waals surface area contributed by atoms with Gasteiger partial charge in [0.25, 0.3) is 0 Å². The molecule has 10 aromatic carbocycles. The van der Waals surface area contributed by atoms with E-state index in [1.165, 1.54) is 38.9 Å². The van der Waals surface area contributed by atoms with Crippen molar-refractivity contribution < 1.29 is 44.9 Å². The zero-order chi connectivity index (χ0) is 95.6.